The van der Waals surface area contributed by atoms with Crippen LogP contribution in [0.4, 0.5) is 4.79 Å². The molecule has 4 bridgehead atoms. The molecule has 5 aliphatic rings. The molecule has 0 unspecified atom stereocenters. The van der Waals surface area contributed by atoms with Gasteiger partial charge in [0, 0.05) is 35.4 Å². The van der Waals surface area contributed by atoms with E-state index in [2.05, 4.69) is 21.9 Å². The minimum Gasteiger partial charge on any atom is -0.496 e. The van der Waals surface area contributed by atoms with Crippen LogP contribution in [0.5, 0.6) is 11.5 Å². The molecule has 3 aliphatic carbocycles. The number of rotatable bonds is 9. The van der Waals surface area contributed by atoms with Crippen LogP contribution in [-0.4, -0.2) is 91.4 Å². The van der Waals surface area contributed by atoms with Crippen LogP contribution in [0, 0.1) is 17.3 Å². The van der Waals surface area contributed by atoms with Crippen molar-refractivity contribution in [2.45, 2.75) is 120 Å². The maximum atomic E-state index is 15.1. The Kier molecular flexibility index (Phi) is 11.8. The third-order valence-electron chi connectivity index (χ3n) is 13.2. The van der Waals surface area contributed by atoms with Gasteiger partial charge in [-0.25, -0.2) is 18.2 Å². The fourth-order valence-corrected chi connectivity index (χ4v) is 10.7. The summed E-state index contributed by atoms with van der Waals surface area (Å²) in [7, 11) is -2.28. The Balaban J connectivity index is 1.19. The lowest BCUT2D eigenvalue weighted by atomic mass is 9.83. The highest BCUT2D eigenvalue weighted by Crippen LogP contribution is 2.46. The van der Waals surface area contributed by atoms with Crippen molar-refractivity contribution in [3.63, 3.8) is 0 Å². The highest BCUT2D eigenvalue weighted by molar-refractivity contribution is 7.91. The average molecular weight is 856 g/mol. The number of carbonyl (C=O) groups is 4. The topological polar surface area (TPSA) is 182 Å². The van der Waals surface area contributed by atoms with E-state index in [4.69, 9.17) is 19.2 Å². The molecule has 3 saturated carbocycles. The molecule has 0 spiro atoms. The van der Waals surface area contributed by atoms with Gasteiger partial charge in [-0.1, -0.05) is 69.5 Å². The van der Waals surface area contributed by atoms with Crippen molar-refractivity contribution in [1.82, 2.24) is 25.2 Å². The maximum absolute atomic E-state index is 15.1. The molecule has 14 nitrogen and oxygen atoms in total. The van der Waals surface area contributed by atoms with E-state index >= 15 is 4.79 Å². The van der Waals surface area contributed by atoms with Crippen molar-refractivity contribution in [3.05, 3.63) is 66.7 Å². The second kappa shape index (κ2) is 16.9. The number of nitrogens with one attached hydrogen (secondary N) is 3. The number of methoxy groups -OCH3 is 1. The van der Waals surface area contributed by atoms with Crippen LogP contribution in [0.2, 0.25) is 0 Å². The lowest BCUT2D eigenvalue weighted by Gasteiger charge is -2.35. The number of pyridine rings is 1. The van der Waals surface area contributed by atoms with Gasteiger partial charge in [0.1, 0.15) is 35.2 Å². The molecule has 5 atom stereocenters. The minimum absolute atomic E-state index is 0.00244. The quantitative estimate of drug-likeness (QED) is 0.217. The molecule has 0 radical (unpaired) electrons. The number of amides is 4. The summed E-state index contributed by atoms with van der Waals surface area (Å²) in [5, 5.41) is 5.91. The Bertz CT molecular complexity index is 2310. The van der Waals surface area contributed by atoms with Crippen LogP contribution in [0.15, 0.2) is 61.2 Å². The van der Waals surface area contributed by atoms with Crippen molar-refractivity contribution in [3.8, 4) is 22.8 Å². The van der Waals surface area contributed by atoms with Gasteiger partial charge < -0.3 is 29.7 Å². The number of aromatic nitrogens is 1. The molecule has 8 rings (SSSR count). The largest absolute Gasteiger partial charge is 0.496 e. The molecule has 1 aromatic heterocycles. The zero-order valence-electron chi connectivity index (χ0n) is 35.2. The Morgan fingerprint density at radius 2 is 1.79 bits per heavy atom. The monoisotopic (exact) mass is 855 g/mol. The van der Waals surface area contributed by atoms with Crippen LogP contribution >= 0.6 is 0 Å². The second-order valence-corrected chi connectivity index (χ2v) is 20.3. The number of aryl methyl sites for hydroxylation is 1. The van der Waals surface area contributed by atoms with E-state index in [0.717, 1.165) is 48.6 Å². The first-order chi connectivity index (χ1) is 29.2. The van der Waals surface area contributed by atoms with E-state index in [9.17, 15) is 22.8 Å². The van der Waals surface area contributed by atoms with Crippen LogP contribution in [0.25, 0.3) is 22.2 Å². The molecule has 1 saturated heterocycles. The van der Waals surface area contributed by atoms with Crippen molar-refractivity contribution < 1.29 is 41.8 Å². The molecular formula is C46H57N5O9S. The Hall–Kier alpha value is -5.18. The van der Waals surface area contributed by atoms with E-state index in [0.29, 0.717) is 54.8 Å². The number of benzene rings is 2. The van der Waals surface area contributed by atoms with E-state index in [1.807, 2.05) is 62.4 Å². The van der Waals surface area contributed by atoms with E-state index in [1.165, 1.54) is 11.0 Å². The summed E-state index contributed by atoms with van der Waals surface area (Å²) in [4.78, 5) is 63.6. The average Bonchev–Trinajstić information content (AvgIpc) is 4.18. The summed E-state index contributed by atoms with van der Waals surface area (Å²) in [5.41, 5.74) is 1.21. The predicted molar refractivity (Wildman–Crippen MR) is 229 cm³/mol. The fourth-order valence-electron chi connectivity index (χ4n) is 9.37. The summed E-state index contributed by atoms with van der Waals surface area (Å²) in [6, 6.07) is 13.5. The molecule has 4 amide bonds. The van der Waals surface area contributed by atoms with E-state index < -0.39 is 68.7 Å². The molecule has 3 heterocycles. The number of sulfonamides is 1. The molecule has 326 valence electrons. The number of ether oxygens (including phenoxy) is 3. The summed E-state index contributed by atoms with van der Waals surface area (Å²) in [6.07, 6.45) is 7.68. The summed E-state index contributed by atoms with van der Waals surface area (Å²) >= 11 is 0. The van der Waals surface area contributed by atoms with Crippen LogP contribution in [0.1, 0.15) is 90.0 Å². The number of hydrogen-bond donors (Lipinski definition) is 3. The number of hydrogen-bond acceptors (Lipinski definition) is 10. The van der Waals surface area contributed by atoms with Crippen LogP contribution < -0.4 is 24.8 Å². The first kappa shape index (κ1) is 42.5. The first-order valence-corrected chi connectivity index (χ1v) is 23.2. The van der Waals surface area contributed by atoms with Gasteiger partial charge in [0.05, 0.1) is 36.7 Å². The van der Waals surface area contributed by atoms with Gasteiger partial charge in [-0.15, -0.1) is 6.58 Å². The van der Waals surface area contributed by atoms with Crippen LogP contribution in [0.3, 0.4) is 0 Å². The van der Waals surface area contributed by atoms with Gasteiger partial charge in [-0.05, 0) is 74.3 Å². The number of alkyl carbamates (subject to hydrolysis) is 1. The first-order valence-electron chi connectivity index (χ1n) is 21.7. The Labute approximate surface area is 357 Å². The minimum atomic E-state index is -3.92. The standard InChI is InChI=1S/C46H57N5O9S/c1-5-31-25-46(31,43(54)50-61(56,57)33-18-19-33)49-41(52)37-22-32-26-51(37)42(53)40(29-15-10-7-11-16-29)48-44(55)59-27-45(2,3)20-12-17-30-21-34-36(24-38(30)58-4)47-35(23-39(34)60-32)28-13-8-6-9-14-28/h5-6,8-9,13-14,21,23-24,29,31-33,37,40H,1,7,10-12,15-20,22,25-27H2,2-4H3,(H,48,55)(H,49,52)(H,50,54)/t31-,32-,37+,40+,46-/m1/s1. The molecule has 2 aromatic carbocycles. The zero-order valence-corrected chi connectivity index (χ0v) is 36.1. The van der Waals surface area contributed by atoms with Gasteiger partial charge in [0.25, 0.3) is 5.91 Å². The fraction of sp³-hybridized carbons (Fsp3) is 0.543. The van der Waals surface area contributed by atoms with Crippen molar-refractivity contribution in [1.29, 1.82) is 0 Å². The third-order valence-corrected chi connectivity index (χ3v) is 15.0. The van der Waals surface area contributed by atoms with Crippen molar-refractivity contribution >= 4 is 44.7 Å². The van der Waals surface area contributed by atoms with Crippen LogP contribution in [-0.2, 0) is 35.6 Å². The molecule has 3 aromatic rings. The number of nitrogens with zero attached hydrogens (tertiary/aromatic N) is 2. The normalized spacial score (nSPS) is 27.2. The highest BCUT2D eigenvalue weighted by atomic mass is 32.2. The van der Waals surface area contributed by atoms with Gasteiger partial charge >= 0.3 is 6.09 Å². The highest BCUT2D eigenvalue weighted by Gasteiger charge is 2.62. The summed E-state index contributed by atoms with van der Waals surface area (Å²) in [5.74, 6) is -1.41. The smallest absolute Gasteiger partial charge is 0.407 e. The second-order valence-electron chi connectivity index (χ2n) is 18.3. The number of cyclic esters (lactones) is 1. The molecule has 2 aliphatic heterocycles. The maximum Gasteiger partial charge on any atom is 0.407 e. The number of carbonyl (C=O) groups excluding carboxylic acids is 4. The van der Waals surface area contributed by atoms with Crippen molar-refractivity contribution in [2.24, 2.45) is 17.3 Å². The third kappa shape index (κ3) is 9.08. The van der Waals surface area contributed by atoms with Gasteiger partial charge in [-0.2, -0.15) is 0 Å². The SMILES string of the molecule is C=C[C@@H]1C[C@]1(NC(=O)[C@@H]1C[C@@H]2CN1C(=O)[C@H](C1CCCCC1)NC(=O)OCC(C)(C)CCCc1cc3c(cc(-c4ccccc4)nc3cc1OC)O2)C(=O)NS(=O)(=O)C1CC1. The lowest BCUT2D eigenvalue weighted by Crippen LogP contribution is -2.59. The van der Waals surface area contributed by atoms with Crippen molar-refractivity contribution in [2.75, 3.05) is 20.3 Å². The number of fused-ring (bicyclic) bond motifs is 3. The van der Waals surface area contributed by atoms with Gasteiger partial charge in [0.2, 0.25) is 21.8 Å². The Morgan fingerprint density at radius 3 is 2.48 bits per heavy atom. The molecule has 15 heteroatoms. The lowest BCUT2D eigenvalue weighted by molar-refractivity contribution is -0.142. The van der Waals surface area contributed by atoms with Gasteiger partial charge in [0.15, 0.2) is 0 Å². The molecular weight excluding hydrogens is 799 g/mol. The predicted octanol–water partition coefficient (Wildman–Crippen LogP) is 5.97. The van der Waals surface area contributed by atoms with E-state index in [1.54, 1.807) is 7.11 Å². The Morgan fingerprint density at radius 1 is 1.03 bits per heavy atom. The van der Waals surface area contributed by atoms with E-state index in [-0.39, 0.29) is 37.3 Å². The van der Waals surface area contributed by atoms with Gasteiger partial charge in [-0.3, -0.25) is 19.1 Å². The summed E-state index contributed by atoms with van der Waals surface area (Å²) in [6.45, 7) is 8.05. The molecule has 3 N–H and O–H groups in total. The summed E-state index contributed by atoms with van der Waals surface area (Å²) < 4.78 is 46.6. The molecule has 61 heavy (non-hydrogen) atoms. The molecule has 4 fully saturated rings. The zero-order chi connectivity index (χ0) is 43.1.